The van der Waals surface area contributed by atoms with Gasteiger partial charge in [-0.2, -0.15) is 0 Å². The molecular formula is C16H23Cl2FN2O4S. The van der Waals surface area contributed by atoms with Crippen LogP contribution in [0.4, 0.5) is 4.39 Å². The molecule has 1 aromatic rings. The number of carboxylic acids is 1. The molecule has 0 amide bonds. The molecule has 1 saturated heterocycles. The van der Waals surface area contributed by atoms with Crippen LogP contribution in [0, 0.1) is 5.82 Å². The molecule has 0 atom stereocenters. The summed E-state index contributed by atoms with van der Waals surface area (Å²) in [6.07, 6.45) is 1.09. The summed E-state index contributed by atoms with van der Waals surface area (Å²) in [7, 11) is -3.23. The fourth-order valence-corrected chi connectivity index (χ4v) is 4.38. The van der Waals surface area contributed by atoms with Gasteiger partial charge in [-0.1, -0.05) is 17.7 Å². The van der Waals surface area contributed by atoms with Crippen LogP contribution in [-0.4, -0.2) is 60.1 Å². The molecule has 148 valence electrons. The number of sulfonamides is 1. The Kier molecular flexibility index (Phi) is 8.75. The van der Waals surface area contributed by atoms with E-state index >= 15 is 0 Å². The van der Waals surface area contributed by atoms with Crippen LogP contribution in [0.5, 0.6) is 0 Å². The van der Waals surface area contributed by atoms with Crippen molar-refractivity contribution in [1.29, 1.82) is 0 Å². The molecule has 1 heterocycles. The smallest absolute Gasteiger partial charge is 0.317 e. The van der Waals surface area contributed by atoms with Gasteiger partial charge < -0.3 is 5.11 Å². The van der Waals surface area contributed by atoms with E-state index in [0.717, 1.165) is 0 Å². The molecule has 2 rings (SSSR count). The van der Waals surface area contributed by atoms with Crippen molar-refractivity contribution in [2.75, 3.05) is 25.4 Å². The summed E-state index contributed by atoms with van der Waals surface area (Å²) in [4.78, 5) is 13.0. The Morgan fingerprint density at radius 2 is 2.00 bits per heavy atom. The predicted octanol–water partition coefficient (Wildman–Crippen LogP) is 2.60. The zero-order chi connectivity index (χ0) is 18.6. The van der Waals surface area contributed by atoms with Crippen molar-refractivity contribution < 1.29 is 22.7 Å². The quantitative estimate of drug-likeness (QED) is 0.721. The fourth-order valence-electron chi connectivity index (χ4n) is 3.02. The second-order valence-corrected chi connectivity index (χ2v) is 8.73. The van der Waals surface area contributed by atoms with Gasteiger partial charge in [0.1, 0.15) is 5.82 Å². The second kappa shape index (κ2) is 9.85. The SMILES string of the molecule is CCS(=O)(=O)N1CCC(N(CC(=O)O)Cc2ccc(F)cc2Cl)CC1.Cl. The zero-order valence-corrected chi connectivity index (χ0v) is 16.8. The highest BCUT2D eigenvalue weighted by molar-refractivity contribution is 7.89. The molecule has 1 aromatic carbocycles. The maximum Gasteiger partial charge on any atom is 0.317 e. The molecule has 1 fully saturated rings. The van der Waals surface area contributed by atoms with Crippen LogP contribution in [0.3, 0.4) is 0 Å². The topological polar surface area (TPSA) is 77.9 Å². The van der Waals surface area contributed by atoms with E-state index in [1.54, 1.807) is 17.9 Å². The summed E-state index contributed by atoms with van der Waals surface area (Å²) >= 11 is 6.05. The number of hydrogen-bond donors (Lipinski definition) is 1. The number of carbonyl (C=O) groups is 1. The van der Waals surface area contributed by atoms with Gasteiger partial charge in [-0.05, 0) is 37.5 Å². The van der Waals surface area contributed by atoms with E-state index in [4.69, 9.17) is 11.6 Å². The summed E-state index contributed by atoms with van der Waals surface area (Å²) in [6, 6.07) is 3.96. The third kappa shape index (κ3) is 6.06. The lowest BCUT2D eigenvalue weighted by molar-refractivity contribution is -0.139. The summed E-state index contributed by atoms with van der Waals surface area (Å²) in [5, 5.41) is 9.44. The molecule has 0 spiro atoms. The minimum absolute atomic E-state index is 0. The van der Waals surface area contributed by atoms with Gasteiger partial charge in [0.15, 0.2) is 0 Å². The van der Waals surface area contributed by atoms with Gasteiger partial charge in [-0.15, -0.1) is 12.4 Å². The van der Waals surface area contributed by atoms with E-state index in [0.29, 0.717) is 31.5 Å². The molecule has 0 saturated carbocycles. The average molecular weight is 429 g/mol. The monoisotopic (exact) mass is 428 g/mol. The lowest BCUT2D eigenvalue weighted by Gasteiger charge is -2.37. The molecule has 26 heavy (non-hydrogen) atoms. The molecule has 0 radical (unpaired) electrons. The highest BCUT2D eigenvalue weighted by Crippen LogP contribution is 2.24. The third-order valence-electron chi connectivity index (χ3n) is 4.42. The van der Waals surface area contributed by atoms with Crippen molar-refractivity contribution in [3.63, 3.8) is 0 Å². The molecule has 0 aliphatic carbocycles. The maximum absolute atomic E-state index is 13.2. The molecule has 0 aromatic heterocycles. The number of benzene rings is 1. The van der Waals surface area contributed by atoms with Crippen molar-refractivity contribution in [2.24, 2.45) is 0 Å². The van der Waals surface area contributed by atoms with E-state index < -0.39 is 21.8 Å². The fraction of sp³-hybridized carbons (Fsp3) is 0.562. The Hall–Kier alpha value is -0.930. The summed E-state index contributed by atoms with van der Waals surface area (Å²) in [6.45, 7) is 2.44. The first kappa shape index (κ1) is 23.1. The van der Waals surface area contributed by atoms with Crippen LogP contribution in [0.1, 0.15) is 25.3 Å². The van der Waals surface area contributed by atoms with E-state index in [-0.39, 0.29) is 42.3 Å². The number of halogens is 3. The minimum atomic E-state index is -3.23. The van der Waals surface area contributed by atoms with E-state index in [2.05, 4.69) is 0 Å². The first-order chi connectivity index (χ1) is 11.7. The van der Waals surface area contributed by atoms with Crippen LogP contribution in [-0.2, 0) is 21.4 Å². The van der Waals surface area contributed by atoms with Crippen molar-refractivity contribution in [3.05, 3.63) is 34.6 Å². The number of hydrogen-bond acceptors (Lipinski definition) is 4. The van der Waals surface area contributed by atoms with Crippen molar-refractivity contribution in [2.45, 2.75) is 32.4 Å². The van der Waals surface area contributed by atoms with Crippen molar-refractivity contribution in [1.82, 2.24) is 9.21 Å². The van der Waals surface area contributed by atoms with Gasteiger partial charge >= 0.3 is 5.97 Å². The van der Waals surface area contributed by atoms with Crippen molar-refractivity contribution >= 4 is 40.0 Å². The molecule has 6 nitrogen and oxygen atoms in total. The number of aliphatic carboxylic acids is 1. The highest BCUT2D eigenvalue weighted by atomic mass is 35.5. The lowest BCUT2D eigenvalue weighted by Crippen LogP contribution is -2.48. The Labute approximate surface area is 164 Å². The van der Waals surface area contributed by atoms with Crippen molar-refractivity contribution in [3.8, 4) is 0 Å². The molecule has 1 N–H and O–H groups in total. The lowest BCUT2D eigenvalue weighted by atomic mass is 10.0. The van der Waals surface area contributed by atoms with Crippen LogP contribution in [0.25, 0.3) is 0 Å². The standard InChI is InChI=1S/C16H22ClFN2O4S.ClH/c1-2-25(23,24)20-7-5-14(6-8-20)19(11-16(21)22)10-12-3-4-13(18)9-15(12)17;/h3-4,9,14H,2,5-8,10-11H2,1H3,(H,21,22);1H. The number of rotatable bonds is 7. The largest absolute Gasteiger partial charge is 0.480 e. The minimum Gasteiger partial charge on any atom is -0.480 e. The van der Waals surface area contributed by atoms with Gasteiger partial charge in [0.05, 0.1) is 12.3 Å². The Morgan fingerprint density at radius 3 is 2.50 bits per heavy atom. The van der Waals surface area contributed by atoms with Crippen LogP contribution in [0.2, 0.25) is 5.02 Å². The number of piperidine rings is 1. The Balaban J connectivity index is 0.00000338. The van der Waals surface area contributed by atoms with E-state index in [1.165, 1.54) is 16.4 Å². The first-order valence-corrected chi connectivity index (χ1v) is 10.1. The number of nitrogens with zero attached hydrogens (tertiary/aromatic N) is 2. The highest BCUT2D eigenvalue weighted by Gasteiger charge is 2.30. The van der Waals surface area contributed by atoms with E-state index in [1.807, 2.05) is 0 Å². The molecule has 0 unspecified atom stereocenters. The van der Waals surface area contributed by atoms with Gasteiger partial charge in [0.25, 0.3) is 0 Å². The maximum atomic E-state index is 13.2. The summed E-state index contributed by atoms with van der Waals surface area (Å²) in [5.74, 6) is -1.36. The van der Waals surface area contributed by atoms with Gasteiger partial charge in [-0.25, -0.2) is 17.1 Å². The summed E-state index contributed by atoms with van der Waals surface area (Å²) < 4.78 is 38.5. The molecule has 10 heteroatoms. The molecule has 1 aliphatic rings. The second-order valence-electron chi connectivity index (χ2n) is 6.07. The van der Waals surface area contributed by atoms with Gasteiger partial charge in [-0.3, -0.25) is 9.69 Å². The predicted molar refractivity (Wildman–Crippen MR) is 101 cm³/mol. The Bertz CT molecular complexity index is 725. The van der Waals surface area contributed by atoms with Gasteiger partial charge in [0, 0.05) is 30.7 Å². The Morgan fingerprint density at radius 1 is 1.38 bits per heavy atom. The normalized spacial score (nSPS) is 16.5. The van der Waals surface area contributed by atoms with E-state index in [9.17, 15) is 22.7 Å². The zero-order valence-electron chi connectivity index (χ0n) is 14.4. The number of carboxylic acid groups (broad SMARTS) is 1. The van der Waals surface area contributed by atoms with Crippen LogP contribution >= 0.6 is 24.0 Å². The first-order valence-electron chi connectivity index (χ1n) is 8.10. The van der Waals surface area contributed by atoms with Gasteiger partial charge in [0.2, 0.25) is 10.0 Å². The van der Waals surface area contributed by atoms with Crippen LogP contribution < -0.4 is 0 Å². The molecule has 1 aliphatic heterocycles. The van der Waals surface area contributed by atoms with Crippen LogP contribution in [0.15, 0.2) is 18.2 Å². The summed E-state index contributed by atoms with van der Waals surface area (Å²) in [5.41, 5.74) is 0.646. The molecule has 0 bridgehead atoms. The third-order valence-corrected chi connectivity index (χ3v) is 6.66. The average Bonchev–Trinajstić information content (AvgIpc) is 2.56. The molecular weight excluding hydrogens is 406 g/mol.